The van der Waals surface area contributed by atoms with Crippen LogP contribution in [0.3, 0.4) is 0 Å². The molecule has 0 bridgehead atoms. The highest BCUT2D eigenvalue weighted by molar-refractivity contribution is 8.00. The van der Waals surface area contributed by atoms with Gasteiger partial charge in [-0.05, 0) is 37.3 Å². The van der Waals surface area contributed by atoms with Gasteiger partial charge in [-0.1, -0.05) is 18.2 Å². The molecule has 0 unspecified atom stereocenters. The second-order valence-corrected chi connectivity index (χ2v) is 6.06. The number of anilines is 1. The van der Waals surface area contributed by atoms with Crippen molar-refractivity contribution < 1.29 is 18.4 Å². The van der Waals surface area contributed by atoms with Gasteiger partial charge in [0.2, 0.25) is 5.91 Å². The molecule has 0 heterocycles. The van der Waals surface area contributed by atoms with E-state index in [0.29, 0.717) is 10.6 Å². The number of urea groups is 1. The second kappa shape index (κ2) is 7.73. The highest BCUT2D eigenvalue weighted by Gasteiger charge is 2.17. The van der Waals surface area contributed by atoms with E-state index in [2.05, 4.69) is 10.6 Å². The summed E-state index contributed by atoms with van der Waals surface area (Å²) in [6.07, 6.45) is 0. The summed E-state index contributed by atoms with van der Waals surface area (Å²) >= 11 is 1.02. The van der Waals surface area contributed by atoms with Crippen LogP contribution in [-0.4, -0.2) is 17.2 Å². The van der Waals surface area contributed by atoms with E-state index in [-0.39, 0.29) is 0 Å². The van der Waals surface area contributed by atoms with E-state index < -0.39 is 28.8 Å². The van der Waals surface area contributed by atoms with Gasteiger partial charge in [0.1, 0.15) is 0 Å². The summed E-state index contributed by atoms with van der Waals surface area (Å²) in [4.78, 5) is 24.1. The lowest BCUT2D eigenvalue weighted by Crippen LogP contribution is -2.38. The molecule has 0 saturated heterocycles. The molecule has 2 aromatic carbocycles. The Labute approximate surface area is 136 Å². The maximum atomic E-state index is 13.1. The first-order chi connectivity index (χ1) is 11.0. The van der Waals surface area contributed by atoms with Gasteiger partial charge in [-0.2, -0.15) is 0 Å². The number of carbonyl (C=O) groups excluding carboxylic acids is 2. The molecule has 1 atom stereocenters. The van der Waals surface area contributed by atoms with E-state index in [1.807, 2.05) is 0 Å². The van der Waals surface area contributed by atoms with Gasteiger partial charge in [0.25, 0.3) is 0 Å². The smallest absolute Gasteiger partial charge is 0.308 e. The molecule has 0 aliphatic rings. The lowest BCUT2D eigenvalue weighted by Gasteiger charge is -2.12. The Kier molecular flexibility index (Phi) is 5.70. The van der Waals surface area contributed by atoms with E-state index in [4.69, 9.17) is 0 Å². The maximum Gasteiger partial charge on any atom is 0.325 e. The fourth-order valence-corrected chi connectivity index (χ4v) is 2.60. The summed E-state index contributed by atoms with van der Waals surface area (Å²) in [5.74, 6) is -2.47. The SMILES string of the molecule is C[C@H](Sc1ccc(F)c(F)c1)C(=O)NC(=O)Nc1ccccc1. The average molecular weight is 336 g/mol. The van der Waals surface area contributed by atoms with Crippen molar-refractivity contribution in [2.45, 2.75) is 17.1 Å². The summed E-state index contributed by atoms with van der Waals surface area (Å²) in [7, 11) is 0. The second-order valence-electron chi connectivity index (χ2n) is 4.65. The van der Waals surface area contributed by atoms with Crippen LogP contribution < -0.4 is 10.6 Å². The molecule has 0 fully saturated rings. The first-order valence-corrected chi connectivity index (χ1v) is 7.62. The van der Waals surface area contributed by atoms with Gasteiger partial charge in [0.05, 0.1) is 5.25 Å². The minimum absolute atomic E-state index is 0.398. The van der Waals surface area contributed by atoms with Crippen molar-refractivity contribution in [3.8, 4) is 0 Å². The molecule has 2 N–H and O–H groups in total. The third-order valence-corrected chi connectivity index (χ3v) is 3.94. The molecule has 2 rings (SSSR count). The zero-order valence-corrected chi connectivity index (χ0v) is 13.0. The summed E-state index contributed by atoms with van der Waals surface area (Å²) in [6.45, 7) is 1.57. The molecule has 0 radical (unpaired) electrons. The number of amides is 3. The van der Waals surface area contributed by atoms with Crippen LogP contribution in [0.1, 0.15) is 6.92 Å². The normalized spacial score (nSPS) is 11.6. The van der Waals surface area contributed by atoms with E-state index in [9.17, 15) is 18.4 Å². The topological polar surface area (TPSA) is 58.2 Å². The average Bonchev–Trinajstić information content (AvgIpc) is 2.51. The molecular formula is C16H14F2N2O2S. The Morgan fingerprint density at radius 3 is 2.39 bits per heavy atom. The molecule has 0 aliphatic heterocycles. The Hall–Kier alpha value is -2.41. The molecule has 0 aromatic heterocycles. The number of halogens is 2. The number of carbonyl (C=O) groups is 2. The maximum absolute atomic E-state index is 13.1. The van der Waals surface area contributed by atoms with Crippen molar-refractivity contribution in [1.29, 1.82) is 0 Å². The Morgan fingerprint density at radius 1 is 1.04 bits per heavy atom. The largest absolute Gasteiger partial charge is 0.325 e. The minimum atomic E-state index is -0.982. The van der Waals surface area contributed by atoms with E-state index in [1.54, 1.807) is 37.3 Å². The summed E-state index contributed by atoms with van der Waals surface area (Å²) in [5.41, 5.74) is 0.554. The Balaban J connectivity index is 1.89. The molecule has 2 aromatic rings. The van der Waals surface area contributed by atoms with Crippen molar-refractivity contribution in [3.63, 3.8) is 0 Å². The van der Waals surface area contributed by atoms with Gasteiger partial charge in [0.15, 0.2) is 11.6 Å². The Bertz CT molecular complexity index is 710. The van der Waals surface area contributed by atoms with Crippen LogP contribution >= 0.6 is 11.8 Å². The van der Waals surface area contributed by atoms with Crippen LogP contribution in [0.15, 0.2) is 53.4 Å². The predicted molar refractivity (Wildman–Crippen MR) is 85.3 cm³/mol. The zero-order chi connectivity index (χ0) is 16.8. The first kappa shape index (κ1) is 17.0. The molecular weight excluding hydrogens is 322 g/mol. The minimum Gasteiger partial charge on any atom is -0.308 e. The van der Waals surface area contributed by atoms with Gasteiger partial charge in [-0.25, -0.2) is 13.6 Å². The summed E-state index contributed by atoms with van der Waals surface area (Å²) < 4.78 is 26.0. The number of hydrogen-bond donors (Lipinski definition) is 2. The third-order valence-electron chi connectivity index (χ3n) is 2.84. The van der Waals surface area contributed by atoms with Crippen molar-refractivity contribution in [3.05, 3.63) is 60.2 Å². The van der Waals surface area contributed by atoms with Crippen LogP contribution in [0, 0.1) is 11.6 Å². The van der Waals surface area contributed by atoms with E-state index in [0.717, 1.165) is 23.9 Å². The number of hydrogen-bond acceptors (Lipinski definition) is 3. The number of imide groups is 1. The number of rotatable bonds is 4. The number of thioether (sulfide) groups is 1. The summed E-state index contributed by atoms with van der Waals surface area (Å²) in [5, 5.41) is 4.06. The molecule has 0 spiro atoms. The van der Waals surface area contributed by atoms with Gasteiger partial charge in [0, 0.05) is 10.6 Å². The monoisotopic (exact) mass is 336 g/mol. The quantitative estimate of drug-likeness (QED) is 0.835. The summed E-state index contributed by atoms with van der Waals surface area (Å²) in [6, 6.07) is 11.4. The van der Waals surface area contributed by atoms with E-state index >= 15 is 0 Å². The molecule has 120 valence electrons. The highest BCUT2D eigenvalue weighted by Crippen LogP contribution is 2.24. The van der Waals surface area contributed by atoms with Crippen LogP contribution in [0.4, 0.5) is 19.3 Å². The zero-order valence-electron chi connectivity index (χ0n) is 12.2. The van der Waals surface area contributed by atoms with E-state index in [1.165, 1.54) is 6.07 Å². The van der Waals surface area contributed by atoms with Crippen molar-refractivity contribution in [2.75, 3.05) is 5.32 Å². The first-order valence-electron chi connectivity index (χ1n) is 6.74. The van der Waals surface area contributed by atoms with Gasteiger partial charge >= 0.3 is 6.03 Å². The van der Waals surface area contributed by atoms with Crippen molar-refractivity contribution in [2.24, 2.45) is 0 Å². The van der Waals surface area contributed by atoms with Crippen LogP contribution in [0.25, 0.3) is 0 Å². The number of para-hydroxylation sites is 1. The predicted octanol–water partition coefficient (Wildman–Crippen LogP) is 3.79. The van der Waals surface area contributed by atoms with Crippen molar-refractivity contribution >= 4 is 29.4 Å². The molecule has 7 heteroatoms. The number of benzene rings is 2. The molecule has 23 heavy (non-hydrogen) atoms. The van der Waals surface area contributed by atoms with Gasteiger partial charge in [-0.15, -0.1) is 11.8 Å². The fraction of sp³-hybridized carbons (Fsp3) is 0.125. The number of nitrogens with one attached hydrogen (secondary N) is 2. The van der Waals surface area contributed by atoms with Crippen molar-refractivity contribution in [1.82, 2.24) is 5.32 Å². The molecule has 0 saturated carbocycles. The molecule has 3 amide bonds. The van der Waals surface area contributed by atoms with Crippen LogP contribution in [0.2, 0.25) is 0 Å². The Morgan fingerprint density at radius 2 is 1.74 bits per heavy atom. The highest BCUT2D eigenvalue weighted by atomic mass is 32.2. The molecule has 0 aliphatic carbocycles. The lowest BCUT2D eigenvalue weighted by atomic mass is 10.3. The van der Waals surface area contributed by atoms with Crippen LogP contribution in [0.5, 0.6) is 0 Å². The standard InChI is InChI=1S/C16H14F2N2O2S/c1-10(23-12-7-8-13(17)14(18)9-12)15(21)20-16(22)19-11-5-3-2-4-6-11/h2-10H,1H3,(H2,19,20,21,22)/t10-/m0/s1. The fourth-order valence-electron chi connectivity index (χ4n) is 1.71. The molecule has 4 nitrogen and oxygen atoms in total. The third kappa shape index (κ3) is 5.07. The lowest BCUT2D eigenvalue weighted by molar-refractivity contribution is -0.119. The van der Waals surface area contributed by atoms with Gasteiger partial charge < -0.3 is 5.32 Å². The van der Waals surface area contributed by atoms with Gasteiger partial charge in [-0.3, -0.25) is 10.1 Å². The van der Waals surface area contributed by atoms with Crippen LogP contribution in [-0.2, 0) is 4.79 Å².